The summed E-state index contributed by atoms with van der Waals surface area (Å²) in [4.78, 5) is 26.7. The van der Waals surface area contributed by atoms with Gasteiger partial charge in [-0.2, -0.15) is 0 Å². The van der Waals surface area contributed by atoms with Crippen LogP contribution in [0.3, 0.4) is 0 Å². The molecule has 28 heavy (non-hydrogen) atoms. The Labute approximate surface area is 171 Å². The Balaban J connectivity index is 1.46. The SMILES string of the molecule is CC1CCCN(Cc2ccc(NC(=O)CNC(=O)c3ccccc3Cl)cc2)C1. The Morgan fingerprint density at radius 3 is 2.61 bits per heavy atom. The first-order chi connectivity index (χ1) is 13.5. The van der Waals surface area contributed by atoms with Crippen molar-refractivity contribution in [1.82, 2.24) is 10.2 Å². The molecular weight excluding hydrogens is 374 g/mol. The van der Waals surface area contributed by atoms with Crippen LogP contribution in [-0.2, 0) is 11.3 Å². The smallest absolute Gasteiger partial charge is 0.253 e. The summed E-state index contributed by atoms with van der Waals surface area (Å²) in [6, 6.07) is 14.6. The highest BCUT2D eigenvalue weighted by Gasteiger charge is 2.16. The molecule has 5 nitrogen and oxygen atoms in total. The fourth-order valence-electron chi connectivity index (χ4n) is 3.49. The summed E-state index contributed by atoms with van der Waals surface area (Å²) >= 11 is 5.99. The van der Waals surface area contributed by atoms with Gasteiger partial charge in [-0.3, -0.25) is 14.5 Å². The zero-order chi connectivity index (χ0) is 19.9. The van der Waals surface area contributed by atoms with Crippen LogP contribution in [0.25, 0.3) is 0 Å². The lowest BCUT2D eigenvalue weighted by Gasteiger charge is -2.30. The molecule has 0 aliphatic carbocycles. The van der Waals surface area contributed by atoms with Crippen LogP contribution in [0.1, 0.15) is 35.7 Å². The second kappa shape index (κ2) is 9.71. The highest BCUT2D eigenvalue weighted by molar-refractivity contribution is 6.33. The van der Waals surface area contributed by atoms with Gasteiger partial charge in [-0.05, 0) is 55.1 Å². The van der Waals surface area contributed by atoms with Crippen LogP contribution in [0.5, 0.6) is 0 Å². The largest absolute Gasteiger partial charge is 0.343 e. The molecule has 1 saturated heterocycles. The molecule has 0 spiro atoms. The first-order valence-corrected chi connectivity index (χ1v) is 10.0. The third-order valence-corrected chi connectivity index (χ3v) is 5.24. The lowest BCUT2D eigenvalue weighted by atomic mass is 10.00. The van der Waals surface area contributed by atoms with Crippen molar-refractivity contribution in [2.24, 2.45) is 5.92 Å². The summed E-state index contributed by atoms with van der Waals surface area (Å²) in [7, 11) is 0. The standard InChI is InChI=1S/C22H26ClN3O2/c1-16-5-4-12-26(14-16)15-17-8-10-18(11-9-17)25-21(27)13-24-22(28)19-6-2-3-7-20(19)23/h2-3,6-11,16H,4-5,12-15H2,1H3,(H,24,28)(H,25,27). The lowest BCUT2D eigenvalue weighted by Crippen LogP contribution is -2.33. The van der Waals surface area contributed by atoms with Gasteiger partial charge < -0.3 is 10.6 Å². The molecule has 1 heterocycles. The monoisotopic (exact) mass is 399 g/mol. The number of piperidine rings is 1. The van der Waals surface area contributed by atoms with Gasteiger partial charge in [-0.1, -0.05) is 42.8 Å². The molecule has 1 atom stereocenters. The van der Waals surface area contributed by atoms with Crippen molar-refractivity contribution in [1.29, 1.82) is 0 Å². The third-order valence-electron chi connectivity index (χ3n) is 4.91. The van der Waals surface area contributed by atoms with E-state index in [4.69, 9.17) is 11.6 Å². The number of rotatable bonds is 6. The lowest BCUT2D eigenvalue weighted by molar-refractivity contribution is -0.115. The number of hydrogen-bond acceptors (Lipinski definition) is 3. The summed E-state index contributed by atoms with van der Waals surface area (Å²) in [6.07, 6.45) is 2.57. The molecule has 0 bridgehead atoms. The van der Waals surface area contributed by atoms with E-state index in [9.17, 15) is 9.59 Å². The molecule has 2 N–H and O–H groups in total. The van der Waals surface area contributed by atoms with Crippen LogP contribution in [-0.4, -0.2) is 36.3 Å². The quantitative estimate of drug-likeness (QED) is 0.773. The fraction of sp³-hybridized carbons (Fsp3) is 0.364. The predicted octanol–water partition coefficient (Wildman–Crippen LogP) is 3.94. The summed E-state index contributed by atoms with van der Waals surface area (Å²) in [5.74, 6) is 0.109. The van der Waals surface area contributed by atoms with Crippen molar-refractivity contribution in [3.05, 3.63) is 64.7 Å². The Kier molecular flexibility index (Phi) is 7.06. The minimum Gasteiger partial charge on any atom is -0.343 e. The van der Waals surface area contributed by atoms with E-state index in [1.807, 2.05) is 24.3 Å². The van der Waals surface area contributed by atoms with E-state index < -0.39 is 0 Å². The van der Waals surface area contributed by atoms with Gasteiger partial charge in [0.25, 0.3) is 5.91 Å². The van der Waals surface area contributed by atoms with E-state index in [-0.39, 0.29) is 18.4 Å². The number of hydrogen-bond donors (Lipinski definition) is 2. The van der Waals surface area contributed by atoms with Gasteiger partial charge in [0, 0.05) is 18.8 Å². The van der Waals surface area contributed by atoms with Gasteiger partial charge in [0.1, 0.15) is 0 Å². The van der Waals surface area contributed by atoms with Gasteiger partial charge in [-0.15, -0.1) is 0 Å². The maximum atomic E-state index is 12.1. The molecule has 1 fully saturated rings. The Morgan fingerprint density at radius 1 is 1.14 bits per heavy atom. The van der Waals surface area contributed by atoms with E-state index in [0.717, 1.165) is 25.6 Å². The number of benzene rings is 2. The van der Waals surface area contributed by atoms with Gasteiger partial charge in [0.05, 0.1) is 17.1 Å². The Morgan fingerprint density at radius 2 is 1.89 bits per heavy atom. The number of likely N-dealkylation sites (tertiary alicyclic amines) is 1. The van der Waals surface area contributed by atoms with Gasteiger partial charge in [0.2, 0.25) is 5.91 Å². The maximum Gasteiger partial charge on any atom is 0.253 e. The molecule has 2 amide bonds. The van der Waals surface area contributed by atoms with Crippen LogP contribution in [0.2, 0.25) is 5.02 Å². The molecule has 6 heteroatoms. The van der Waals surface area contributed by atoms with E-state index >= 15 is 0 Å². The van der Waals surface area contributed by atoms with Crippen molar-refractivity contribution in [3.8, 4) is 0 Å². The van der Waals surface area contributed by atoms with Crippen molar-refractivity contribution < 1.29 is 9.59 Å². The molecule has 1 aliphatic heterocycles. The molecule has 0 radical (unpaired) electrons. The highest BCUT2D eigenvalue weighted by Crippen LogP contribution is 2.19. The molecule has 1 unspecified atom stereocenters. The minimum atomic E-state index is -0.369. The molecule has 1 aliphatic rings. The van der Waals surface area contributed by atoms with Crippen molar-refractivity contribution in [3.63, 3.8) is 0 Å². The average Bonchev–Trinajstić information content (AvgIpc) is 2.68. The molecular formula is C22H26ClN3O2. The second-order valence-electron chi connectivity index (χ2n) is 7.39. The van der Waals surface area contributed by atoms with E-state index in [1.54, 1.807) is 24.3 Å². The summed E-state index contributed by atoms with van der Waals surface area (Å²) in [5, 5.41) is 5.75. The van der Waals surface area contributed by atoms with E-state index in [2.05, 4.69) is 22.5 Å². The van der Waals surface area contributed by atoms with E-state index in [0.29, 0.717) is 16.3 Å². The number of carbonyl (C=O) groups is 2. The number of nitrogens with one attached hydrogen (secondary N) is 2. The zero-order valence-electron chi connectivity index (χ0n) is 16.1. The van der Waals surface area contributed by atoms with Gasteiger partial charge in [-0.25, -0.2) is 0 Å². The Hall–Kier alpha value is -2.37. The van der Waals surface area contributed by atoms with Crippen LogP contribution in [0.15, 0.2) is 48.5 Å². The number of halogens is 1. The summed E-state index contributed by atoms with van der Waals surface area (Å²) in [6.45, 7) is 5.41. The second-order valence-corrected chi connectivity index (χ2v) is 7.80. The molecule has 0 saturated carbocycles. The first kappa shape index (κ1) is 20.4. The molecule has 3 rings (SSSR count). The van der Waals surface area contributed by atoms with Crippen LogP contribution >= 0.6 is 11.6 Å². The number of nitrogens with zero attached hydrogens (tertiary/aromatic N) is 1. The predicted molar refractivity (Wildman–Crippen MR) is 113 cm³/mol. The maximum absolute atomic E-state index is 12.1. The molecule has 148 valence electrons. The van der Waals surface area contributed by atoms with Gasteiger partial charge >= 0.3 is 0 Å². The molecule has 2 aromatic carbocycles. The van der Waals surface area contributed by atoms with Crippen LogP contribution in [0.4, 0.5) is 5.69 Å². The number of amides is 2. The van der Waals surface area contributed by atoms with Crippen molar-refractivity contribution >= 4 is 29.1 Å². The third kappa shape index (κ3) is 5.81. The first-order valence-electron chi connectivity index (χ1n) is 9.65. The van der Waals surface area contributed by atoms with Crippen molar-refractivity contribution in [2.75, 3.05) is 25.0 Å². The zero-order valence-corrected chi connectivity index (χ0v) is 16.8. The normalized spacial score (nSPS) is 17.1. The Bertz CT molecular complexity index is 823. The van der Waals surface area contributed by atoms with E-state index in [1.165, 1.54) is 18.4 Å². The summed E-state index contributed by atoms with van der Waals surface area (Å²) in [5.41, 5.74) is 2.31. The van der Waals surface area contributed by atoms with Crippen LogP contribution in [0, 0.1) is 5.92 Å². The minimum absolute atomic E-state index is 0.114. The topological polar surface area (TPSA) is 61.4 Å². The van der Waals surface area contributed by atoms with Crippen LogP contribution < -0.4 is 10.6 Å². The van der Waals surface area contributed by atoms with Gasteiger partial charge in [0.15, 0.2) is 0 Å². The molecule has 2 aromatic rings. The average molecular weight is 400 g/mol. The summed E-state index contributed by atoms with van der Waals surface area (Å²) < 4.78 is 0. The number of carbonyl (C=O) groups excluding carboxylic acids is 2. The molecule has 0 aromatic heterocycles. The highest BCUT2D eigenvalue weighted by atomic mass is 35.5. The number of anilines is 1. The van der Waals surface area contributed by atoms with Crippen molar-refractivity contribution in [2.45, 2.75) is 26.3 Å². The fourth-order valence-corrected chi connectivity index (χ4v) is 3.71.